The molecular formula is C21H32N4O3. The Morgan fingerprint density at radius 3 is 2.64 bits per heavy atom. The molecule has 2 amide bonds. The zero-order chi connectivity index (χ0) is 19.9. The molecule has 28 heavy (non-hydrogen) atoms. The van der Waals surface area contributed by atoms with Gasteiger partial charge in [-0.05, 0) is 37.5 Å². The Balaban J connectivity index is 1.41. The van der Waals surface area contributed by atoms with Crippen LogP contribution in [0.2, 0.25) is 0 Å². The van der Waals surface area contributed by atoms with E-state index >= 15 is 0 Å². The van der Waals surface area contributed by atoms with Crippen LogP contribution in [0.4, 0.5) is 0 Å². The predicted octanol–water partition coefficient (Wildman–Crippen LogP) is 2.04. The average molecular weight is 389 g/mol. The van der Waals surface area contributed by atoms with Crippen LogP contribution in [0.25, 0.3) is 0 Å². The van der Waals surface area contributed by atoms with Crippen LogP contribution in [0.3, 0.4) is 0 Å². The van der Waals surface area contributed by atoms with Gasteiger partial charge in [-0.3, -0.25) is 14.3 Å². The highest BCUT2D eigenvalue weighted by Gasteiger charge is 2.42. The smallest absolute Gasteiger partial charge is 0.272 e. The van der Waals surface area contributed by atoms with Gasteiger partial charge in [0.2, 0.25) is 5.91 Å². The van der Waals surface area contributed by atoms with Crippen molar-refractivity contribution in [2.45, 2.75) is 64.6 Å². The SMILES string of the molecule is CC(C)CC(=O)N1CCC2(CC1)Cc1c(c(C(=O)NCC3CC3)nn1C)CO2. The minimum atomic E-state index is -0.239. The number of nitrogens with zero attached hydrogens (tertiary/aromatic N) is 3. The van der Waals surface area contributed by atoms with Gasteiger partial charge < -0.3 is 15.0 Å². The zero-order valence-corrected chi connectivity index (χ0v) is 17.3. The Kier molecular flexibility index (Phi) is 5.21. The number of carbonyl (C=O) groups excluding carboxylic acids is 2. The first-order chi connectivity index (χ1) is 13.4. The Hall–Kier alpha value is -1.89. The molecule has 154 valence electrons. The fourth-order valence-corrected chi connectivity index (χ4v) is 4.35. The summed E-state index contributed by atoms with van der Waals surface area (Å²) >= 11 is 0. The van der Waals surface area contributed by atoms with Gasteiger partial charge in [0.15, 0.2) is 5.69 Å². The van der Waals surface area contributed by atoms with E-state index in [0.717, 1.165) is 50.2 Å². The van der Waals surface area contributed by atoms with Crippen molar-refractivity contribution in [1.29, 1.82) is 0 Å². The third-order valence-corrected chi connectivity index (χ3v) is 6.36. The molecule has 3 aliphatic rings. The molecule has 1 N–H and O–H groups in total. The molecule has 0 aromatic carbocycles. The van der Waals surface area contributed by atoms with Crippen molar-refractivity contribution in [2.75, 3.05) is 19.6 Å². The number of rotatable bonds is 5. The average Bonchev–Trinajstić information content (AvgIpc) is 3.43. The second-order valence-corrected chi connectivity index (χ2v) is 9.18. The monoisotopic (exact) mass is 388 g/mol. The van der Waals surface area contributed by atoms with Crippen molar-refractivity contribution in [3.63, 3.8) is 0 Å². The molecule has 1 saturated carbocycles. The van der Waals surface area contributed by atoms with Gasteiger partial charge in [-0.25, -0.2) is 0 Å². The summed E-state index contributed by atoms with van der Waals surface area (Å²) in [5, 5.41) is 7.52. The Morgan fingerprint density at radius 1 is 1.29 bits per heavy atom. The molecule has 4 rings (SSSR count). The molecule has 0 radical (unpaired) electrons. The molecule has 7 nitrogen and oxygen atoms in total. The normalized spacial score (nSPS) is 21.1. The van der Waals surface area contributed by atoms with Gasteiger partial charge in [-0.1, -0.05) is 13.8 Å². The molecule has 2 aliphatic heterocycles. The first kappa shape index (κ1) is 19.4. The summed E-state index contributed by atoms with van der Waals surface area (Å²) < 4.78 is 8.16. The molecular weight excluding hydrogens is 356 g/mol. The minimum absolute atomic E-state index is 0.0857. The van der Waals surface area contributed by atoms with E-state index in [9.17, 15) is 9.59 Å². The van der Waals surface area contributed by atoms with Gasteiger partial charge in [0, 0.05) is 50.8 Å². The van der Waals surface area contributed by atoms with Crippen LogP contribution < -0.4 is 5.32 Å². The van der Waals surface area contributed by atoms with Gasteiger partial charge in [0.1, 0.15) is 0 Å². The van der Waals surface area contributed by atoms with Gasteiger partial charge >= 0.3 is 0 Å². The number of aryl methyl sites for hydroxylation is 1. The minimum Gasteiger partial charge on any atom is -0.370 e. The molecule has 1 spiro atoms. The summed E-state index contributed by atoms with van der Waals surface area (Å²) in [4.78, 5) is 26.9. The lowest BCUT2D eigenvalue weighted by Crippen LogP contribution is -2.51. The second-order valence-electron chi connectivity index (χ2n) is 9.18. The van der Waals surface area contributed by atoms with Crippen LogP contribution in [0.5, 0.6) is 0 Å². The molecule has 7 heteroatoms. The predicted molar refractivity (Wildman–Crippen MR) is 105 cm³/mol. The Morgan fingerprint density at radius 2 is 2.00 bits per heavy atom. The van der Waals surface area contributed by atoms with Crippen LogP contribution in [-0.2, 0) is 29.6 Å². The molecule has 1 aromatic rings. The van der Waals surface area contributed by atoms with Crippen LogP contribution >= 0.6 is 0 Å². The largest absolute Gasteiger partial charge is 0.370 e. The van der Waals surface area contributed by atoms with Crippen molar-refractivity contribution in [1.82, 2.24) is 20.0 Å². The summed E-state index contributed by atoms with van der Waals surface area (Å²) in [7, 11) is 1.91. The Labute approximate surface area is 166 Å². The molecule has 1 aromatic heterocycles. The van der Waals surface area contributed by atoms with Crippen LogP contribution in [0.1, 0.15) is 67.7 Å². The van der Waals surface area contributed by atoms with E-state index < -0.39 is 0 Å². The maximum absolute atomic E-state index is 12.5. The standard InChI is InChI=1S/C21H32N4O3/c1-14(2)10-18(26)25-8-6-21(7-9-25)11-17-16(13-28-21)19(23-24(17)3)20(27)22-12-15-4-5-15/h14-15H,4-13H2,1-3H3,(H,22,27). The number of piperidine rings is 1. The quantitative estimate of drug-likeness (QED) is 0.837. The van der Waals surface area contributed by atoms with Crippen molar-refractivity contribution < 1.29 is 14.3 Å². The number of nitrogens with one attached hydrogen (secondary N) is 1. The van der Waals surface area contributed by atoms with Crippen LogP contribution in [0, 0.1) is 11.8 Å². The molecule has 3 heterocycles. The van der Waals surface area contributed by atoms with E-state index in [1.54, 1.807) is 0 Å². The fraction of sp³-hybridized carbons (Fsp3) is 0.762. The maximum atomic E-state index is 12.5. The topological polar surface area (TPSA) is 76.5 Å². The molecule has 0 unspecified atom stereocenters. The number of amides is 2. The maximum Gasteiger partial charge on any atom is 0.272 e. The second kappa shape index (κ2) is 7.50. The summed E-state index contributed by atoms with van der Waals surface area (Å²) in [6, 6.07) is 0. The van der Waals surface area contributed by atoms with Gasteiger partial charge in [-0.2, -0.15) is 5.10 Å². The summed E-state index contributed by atoms with van der Waals surface area (Å²) in [6.07, 6.45) is 5.47. The third kappa shape index (κ3) is 3.95. The highest BCUT2D eigenvalue weighted by molar-refractivity contribution is 5.94. The summed E-state index contributed by atoms with van der Waals surface area (Å²) in [6.45, 7) is 6.82. The number of hydrogen-bond acceptors (Lipinski definition) is 4. The fourth-order valence-electron chi connectivity index (χ4n) is 4.35. The lowest BCUT2D eigenvalue weighted by Gasteiger charge is -2.44. The van der Waals surface area contributed by atoms with E-state index in [1.165, 1.54) is 12.8 Å². The summed E-state index contributed by atoms with van der Waals surface area (Å²) in [5.41, 5.74) is 2.30. The zero-order valence-electron chi connectivity index (χ0n) is 17.3. The Bertz CT molecular complexity index is 758. The highest BCUT2D eigenvalue weighted by Crippen LogP contribution is 2.37. The van der Waals surface area contributed by atoms with Crippen molar-refractivity contribution in [3.05, 3.63) is 17.0 Å². The van der Waals surface area contributed by atoms with E-state index in [-0.39, 0.29) is 17.4 Å². The molecule has 1 aliphatic carbocycles. The molecule has 2 fully saturated rings. The number of hydrogen-bond donors (Lipinski definition) is 1. The van der Waals surface area contributed by atoms with Gasteiger partial charge in [0.05, 0.1) is 12.2 Å². The van der Waals surface area contributed by atoms with Crippen LogP contribution in [-0.4, -0.2) is 51.7 Å². The molecule has 1 saturated heterocycles. The first-order valence-corrected chi connectivity index (χ1v) is 10.6. The van der Waals surface area contributed by atoms with Gasteiger partial charge in [-0.15, -0.1) is 0 Å². The number of likely N-dealkylation sites (tertiary alicyclic amines) is 1. The lowest BCUT2D eigenvalue weighted by atomic mass is 9.83. The van der Waals surface area contributed by atoms with Crippen molar-refractivity contribution in [3.8, 4) is 0 Å². The third-order valence-electron chi connectivity index (χ3n) is 6.36. The number of ether oxygens (including phenoxy) is 1. The van der Waals surface area contributed by atoms with E-state index in [1.807, 2.05) is 16.6 Å². The number of fused-ring (bicyclic) bond motifs is 1. The van der Waals surface area contributed by atoms with E-state index in [0.29, 0.717) is 30.6 Å². The molecule has 0 bridgehead atoms. The van der Waals surface area contributed by atoms with Crippen LogP contribution in [0.15, 0.2) is 0 Å². The first-order valence-electron chi connectivity index (χ1n) is 10.6. The van der Waals surface area contributed by atoms with E-state index in [4.69, 9.17) is 4.74 Å². The van der Waals surface area contributed by atoms with Crippen molar-refractivity contribution in [2.24, 2.45) is 18.9 Å². The van der Waals surface area contributed by atoms with Gasteiger partial charge in [0.25, 0.3) is 5.91 Å². The number of aromatic nitrogens is 2. The lowest BCUT2D eigenvalue weighted by molar-refractivity contribution is -0.141. The number of carbonyl (C=O) groups is 2. The van der Waals surface area contributed by atoms with E-state index in [2.05, 4.69) is 24.3 Å². The summed E-state index contributed by atoms with van der Waals surface area (Å²) in [5.74, 6) is 1.19. The molecule has 0 atom stereocenters. The highest BCUT2D eigenvalue weighted by atomic mass is 16.5. The van der Waals surface area contributed by atoms with Crippen molar-refractivity contribution >= 4 is 11.8 Å².